The minimum Gasteiger partial charge on any atom is -0.325 e. The maximum Gasteiger partial charge on any atom is 0.234 e. The van der Waals surface area contributed by atoms with Crippen molar-refractivity contribution in [3.05, 3.63) is 41.2 Å². The zero-order valence-electron chi connectivity index (χ0n) is 10.9. The van der Waals surface area contributed by atoms with E-state index in [1.807, 2.05) is 6.07 Å². The van der Waals surface area contributed by atoms with Gasteiger partial charge in [-0.25, -0.2) is 0 Å². The second kappa shape index (κ2) is 5.68. The fraction of sp³-hybridized carbons (Fsp3) is 0.154. The first-order valence-corrected chi connectivity index (χ1v) is 7.02. The summed E-state index contributed by atoms with van der Waals surface area (Å²) in [5, 5.41) is 24.4. The van der Waals surface area contributed by atoms with Gasteiger partial charge in [-0.3, -0.25) is 4.79 Å². The molecule has 0 bridgehead atoms. The summed E-state index contributed by atoms with van der Waals surface area (Å²) in [6, 6.07) is 8.95. The van der Waals surface area contributed by atoms with E-state index < -0.39 is 0 Å². The molecule has 2 heterocycles. The molecule has 7 nitrogen and oxygen atoms in total. The zero-order chi connectivity index (χ0) is 14.7. The summed E-state index contributed by atoms with van der Waals surface area (Å²) in [6.07, 6.45) is 2.34. The van der Waals surface area contributed by atoms with Crippen molar-refractivity contribution in [2.24, 2.45) is 0 Å². The zero-order valence-corrected chi connectivity index (χ0v) is 11.7. The summed E-state index contributed by atoms with van der Waals surface area (Å²) < 4.78 is 1.59. The van der Waals surface area contributed by atoms with Gasteiger partial charge in [0.15, 0.2) is 0 Å². The van der Waals surface area contributed by atoms with E-state index in [0.29, 0.717) is 29.1 Å². The van der Waals surface area contributed by atoms with E-state index in [1.54, 1.807) is 28.8 Å². The predicted molar refractivity (Wildman–Crippen MR) is 76.8 cm³/mol. The summed E-state index contributed by atoms with van der Waals surface area (Å²) in [4.78, 5) is 12.6. The Balaban J connectivity index is 1.62. The van der Waals surface area contributed by atoms with Crippen LogP contribution < -0.4 is 5.32 Å². The lowest BCUT2D eigenvalue weighted by Gasteiger charge is -2.05. The van der Waals surface area contributed by atoms with Crippen LogP contribution in [0.15, 0.2) is 30.6 Å². The molecule has 0 aliphatic carbocycles. The second-order valence-corrected chi connectivity index (χ2v) is 5.30. The number of aryl methyl sites for hydroxylation is 1. The molecule has 0 spiro atoms. The van der Waals surface area contributed by atoms with Crippen LogP contribution in [0.4, 0.5) is 5.69 Å². The van der Waals surface area contributed by atoms with Crippen LogP contribution in [0.1, 0.15) is 17.0 Å². The minimum atomic E-state index is -0.149. The van der Waals surface area contributed by atoms with Gasteiger partial charge in [-0.1, -0.05) is 23.5 Å². The molecule has 3 aromatic rings. The largest absolute Gasteiger partial charge is 0.325 e. The van der Waals surface area contributed by atoms with Crippen molar-refractivity contribution in [3.63, 3.8) is 0 Å². The number of nitrogens with one attached hydrogen (secondary N) is 1. The number of rotatable bonds is 4. The molecule has 2 aromatic heterocycles. The molecule has 1 N–H and O–H groups in total. The van der Waals surface area contributed by atoms with Crippen LogP contribution in [0.25, 0.3) is 4.96 Å². The Kier molecular flexibility index (Phi) is 3.57. The monoisotopic (exact) mass is 298 g/mol. The van der Waals surface area contributed by atoms with Gasteiger partial charge in [0.2, 0.25) is 10.9 Å². The van der Waals surface area contributed by atoms with Crippen molar-refractivity contribution < 1.29 is 4.79 Å². The SMILES string of the molecule is N#Cc1ccccc1NC(=O)CCc1nn2cnnc2s1. The van der Waals surface area contributed by atoms with Gasteiger partial charge in [-0.15, -0.1) is 10.2 Å². The minimum absolute atomic E-state index is 0.149. The molecule has 0 fully saturated rings. The molecule has 0 aliphatic heterocycles. The molecule has 0 aliphatic rings. The van der Waals surface area contributed by atoms with Gasteiger partial charge in [0.05, 0.1) is 11.3 Å². The van der Waals surface area contributed by atoms with Crippen molar-refractivity contribution in [2.45, 2.75) is 12.8 Å². The number of fused-ring (bicyclic) bond motifs is 1. The van der Waals surface area contributed by atoms with Gasteiger partial charge in [-0.2, -0.15) is 14.9 Å². The average Bonchev–Trinajstić information content (AvgIpc) is 3.07. The second-order valence-electron chi connectivity index (χ2n) is 4.26. The first kappa shape index (κ1) is 13.2. The first-order valence-electron chi connectivity index (χ1n) is 6.21. The molecule has 0 saturated heterocycles. The molecular weight excluding hydrogens is 288 g/mol. The van der Waals surface area contributed by atoms with Gasteiger partial charge in [-0.05, 0) is 12.1 Å². The average molecular weight is 298 g/mol. The summed E-state index contributed by atoms with van der Waals surface area (Å²) in [5.74, 6) is -0.149. The Bertz CT molecular complexity index is 802. The highest BCUT2D eigenvalue weighted by molar-refractivity contribution is 7.16. The van der Waals surface area contributed by atoms with Gasteiger partial charge < -0.3 is 5.32 Å². The Hall–Kier alpha value is -2.79. The summed E-state index contributed by atoms with van der Waals surface area (Å²) in [5.41, 5.74) is 0.979. The maximum absolute atomic E-state index is 11.9. The number of hydrogen-bond donors (Lipinski definition) is 1. The number of nitrogens with zero attached hydrogens (tertiary/aromatic N) is 5. The van der Waals surface area contributed by atoms with Gasteiger partial charge >= 0.3 is 0 Å². The van der Waals surface area contributed by atoms with Gasteiger partial charge in [0.1, 0.15) is 17.4 Å². The Morgan fingerprint density at radius 3 is 3.10 bits per heavy atom. The van der Waals surface area contributed by atoms with E-state index in [9.17, 15) is 4.79 Å². The van der Waals surface area contributed by atoms with Crippen molar-refractivity contribution in [3.8, 4) is 6.07 Å². The number of benzene rings is 1. The van der Waals surface area contributed by atoms with E-state index in [2.05, 4.69) is 20.6 Å². The predicted octanol–water partition coefficient (Wildman–Crippen LogP) is 1.63. The van der Waals surface area contributed by atoms with E-state index in [4.69, 9.17) is 5.26 Å². The van der Waals surface area contributed by atoms with Gasteiger partial charge in [0.25, 0.3) is 0 Å². The molecule has 0 unspecified atom stereocenters. The van der Waals surface area contributed by atoms with Crippen molar-refractivity contribution in [2.75, 3.05) is 5.32 Å². The fourth-order valence-electron chi connectivity index (χ4n) is 1.82. The number of hydrogen-bond acceptors (Lipinski definition) is 6. The van der Waals surface area contributed by atoms with Crippen LogP contribution in [0.2, 0.25) is 0 Å². The lowest BCUT2D eigenvalue weighted by Crippen LogP contribution is -2.13. The number of anilines is 1. The summed E-state index contributed by atoms with van der Waals surface area (Å²) in [7, 11) is 0. The topological polar surface area (TPSA) is 96.0 Å². The van der Waals surface area contributed by atoms with Crippen molar-refractivity contribution in [1.29, 1.82) is 5.26 Å². The molecule has 1 aromatic carbocycles. The number of carbonyl (C=O) groups excluding carboxylic acids is 1. The van der Waals surface area contributed by atoms with E-state index in [-0.39, 0.29) is 5.91 Å². The van der Waals surface area contributed by atoms with Crippen LogP contribution >= 0.6 is 11.3 Å². The van der Waals surface area contributed by atoms with Crippen molar-refractivity contribution in [1.82, 2.24) is 19.8 Å². The fourth-order valence-corrected chi connectivity index (χ4v) is 2.64. The summed E-state index contributed by atoms with van der Waals surface area (Å²) in [6.45, 7) is 0. The Labute approximate surface area is 123 Å². The number of para-hydroxylation sites is 1. The van der Waals surface area contributed by atoms with E-state index in [0.717, 1.165) is 5.01 Å². The molecular formula is C13H10N6OS. The first-order chi connectivity index (χ1) is 10.3. The number of carbonyl (C=O) groups is 1. The Morgan fingerprint density at radius 1 is 1.43 bits per heavy atom. The molecule has 0 atom stereocenters. The third kappa shape index (κ3) is 2.88. The molecule has 0 radical (unpaired) electrons. The van der Waals surface area contributed by atoms with Crippen LogP contribution in [0, 0.1) is 11.3 Å². The van der Waals surface area contributed by atoms with Crippen LogP contribution in [0.5, 0.6) is 0 Å². The number of amides is 1. The molecule has 3 rings (SSSR count). The quantitative estimate of drug-likeness (QED) is 0.789. The molecule has 0 saturated carbocycles. The smallest absolute Gasteiger partial charge is 0.234 e. The maximum atomic E-state index is 11.9. The van der Waals surface area contributed by atoms with Crippen LogP contribution in [-0.4, -0.2) is 25.7 Å². The lowest BCUT2D eigenvalue weighted by atomic mass is 10.2. The number of aromatic nitrogens is 4. The Morgan fingerprint density at radius 2 is 2.29 bits per heavy atom. The molecule has 1 amide bonds. The van der Waals surface area contributed by atoms with Gasteiger partial charge in [0, 0.05) is 12.8 Å². The highest BCUT2D eigenvalue weighted by Gasteiger charge is 2.10. The molecule has 104 valence electrons. The third-order valence-corrected chi connectivity index (χ3v) is 3.79. The third-order valence-electron chi connectivity index (χ3n) is 2.82. The standard InChI is InChI=1S/C13H10N6OS/c14-7-9-3-1-2-4-10(9)16-11(20)5-6-12-18-19-8-15-17-13(19)21-12/h1-4,8H,5-6H2,(H,16,20). The molecule has 21 heavy (non-hydrogen) atoms. The van der Waals surface area contributed by atoms with Crippen LogP contribution in [0.3, 0.4) is 0 Å². The highest BCUT2D eigenvalue weighted by atomic mass is 32.1. The van der Waals surface area contributed by atoms with Crippen molar-refractivity contribution >= 4 is 27.9 Å². The van der Waals surface area contributed by atoms with E-state index in [1.165, 1.54) is 17.7 Å². The number of nitriles is 1. The van der Waals surface area contributed by atoms with Crippen LogP contribution in [-0.2, 0) is 11.2 Å². The lowest BCUT2D eigenvalue weighted by molar-refractivity contribution is -0.116. The molecule has 8 heteroatoms. The normalized spacial score (nSPS) is 10.4. The highest BCUT2D eigenvalue weighted by Crippen LogP contribution is 2.16. The van der Waals surface area contributed by atoms with E-state index >= 15 is 0 Å². The summed E-state index contributed by atoms with van der Waals surface area (Å²) >= 11 is 1.41.